The van der Waals surface area contributed by atoms with Crippen molar-refractivity contribution in [2.45, 2.75) is 26.8 Å². The standard InChI is InChI=1S/C16H18N2O2S/c1-3-12-8-9-21-15(12)10-17-16(20)18-14-6-4-13(5-7-14)11(2)19/h4-9H,3,10H2,1-2H3,(H2,17,18,20). The van der Waals surface area contributed by atoms with Crippen LogP contribution in [0.3, 0.4) is 0 Å². The SMILES string of the molecule is CCc1ccsc1CNC(=O)Nc1ccc(C(C)=O)cc1. The number of hydrogen-bond acceptors (Lipinski definition) is 3. The molecule has 2 N–H and O–H groups in total. The Balaban J connectivity index is 1.88. The van der Waals surface area contributed by atoms with E-state index in [1.807, 2.05) is 5.38 Å². The van der Waals surface area contributed by atoms with Gasteiger partial charge in [0.2, 0.25) is 0 Å². The van der Waals surface area contributed by atoms with E-state index in [2.05, 4.69) is 23.6 Å². The van der Waals surface area contributed by atoms with Crippen LogP contribution >= 0.6 is 11.3 Å². The quantitative estimate of drug-likeness (QED) is 0.825. The van der Waals surface area contributed by atoms with Gasteiger partial charge < -0.3 is 10.6 Å². The molecule has 0 spiro atoms. The fourth-order valence-corrected chi connectivity index (χ4v) is 2.88. The molecule has 21 heavy (non-hydrogen) atoms. The van der Waals surface area contributed by atoms with Gasteiger partial charge in [-0.15, -0.1) is 11.3 Å². The highest BCUT2D eigenvalue weighted by molar-refractivity contribution is 7.10. The van der Waals surface area contributed by atoms with Gasteiger partial charge in [-0.1, -0.05) is 6.92 Å². The zero-order valence-electron chi connectivity index (χ0n) is 12.1. The Labute approximate surface area is 128 Å². The number of ketones is 1. The molecule has 0 aliphatic rings. The zero-order valence-corrected chi connectivity index (χ0v) is 12.9. The predicted molar refractivity (Wildman–Crippen MR) is 86.0 cm³/mol. The molecule has 2 amide bonds. The fraction of sp³-hybridized carbons (Fsp3) is 0.250. The van der Waals surface area contributed by atoms with Crippen LogP contribution in [0.1, 0.15) is 34.6 Å². The van der Waals surface area contributed by atoms with Gasteiger partial charge in [0, 0.05) is 16.1 Å². The number of urea groups is 1. The molecule has 0 unspecified atom stereocenters. The molecular formula is C16H18N2O2S. The smallest absolute Gasteiger partial charge is 0.319 e. The van der Waals surface area contributed by atoms with Crippen LogP contribution in [0.4, 0.5) is 10.5 Å². The molecule has 0 radical (unpaired) electrons. The summed E-state index contributed by atoms with van der Waals surface area (Å²) in [6, 6.07) is 8.68. The molecule has 0 aliphatic heterocycles. The maximum atomic E-state index is 11.8. The van der Waals surface area contributed by atoms with Crippen LogP contribution in [0, 0.1) is 0 Å². The molecule has 0 fully saturated rings. The van der Waals surface area contributed by atoms with Gasteiger partial charge >= 0.3 is 6.03 Å². The van der Waals surface area contributed by atoms with Gasteiger partial charge in [0.05, 0.1) is 6.54 Å². The van der Waals surface area contributed by atoms with E-state index < -0.39 is 0 Å². The van der Waals surface area contributed by atoms with Gasteiger partial charge in [-0.25, -0.2) is 4.79 Å². The van der Waals surface area contributed by atoms with Crippen molar-refractivity contribution in [3.63, 3.8) is 0 Å². The number of rotatable bonds is 5. The molecular weight excluding hydrogens is 284 g/mol. The van der Waals surface area contributed by atoms with Crippen LogP contribution < -0.4 is 10.6 Å². The number of hydrogen-bond donors (Lipinski definition) is 2. The minimum absolute atomic E-state index is 0.00999. The number of aryl methyl sites for hydroxylation is 1. The lowest BCUT2D eigenvalue weighted by molar-refractivity contribution is 0.101. The lowest BCUT2D eigenvalue weighted by atomic mass is 10.1. The van der Waals surface area contributed by atoms with E-state index in [4.69, 9.17) is 0 Å². The van der Waals surface area contributed by atoms with Crippen molar-refractivity contribution in [2.75, 3.05) is 5.32 Å². The monoisotopic (exact) mass is 302 g/mol. The Hall–Kier alpha value is -2.14. The highest BCUT2D eigenvalue weighted by Crippen LogP contribution is 2.17. The molecule has 0 bridgehead atoms. The van der Waals surface area contributed by atoms with Crippen molar-refractivity contribution >= 4 is 28.8 Å². The van der Waals surface area contributed by atoms with Crippen molar-refractivity contribution in [1.82, 2.24) is 5.32 Å². The van der Waals surface area contributed by atoms with Crippen molar-refractivity contribution < 1.29 is 9.59 Å². The predicted octanol–water partition coefficient (Wildman–Crippen LogP) is 3.83. The summed E-state index contributed by atoms with van der Waals surface area (Å²) in [6.07, 6.45) is 0.967. The average molecular weight is 302 g/mol. The average Bonchev–Trinajstić information content (AvgIpc) is 2.93. The van der Waals surface area contributed by atoms with E-state index in [-0.39, 0.29) is 11.8 Å². The summed E-state index contributed by atoms with van der Waals surface area (Å²) in [5.41, 5.74) is 2.57. The number of carbonyl (C=O) groups is 2. The second-order valence-corrected chi connectivity index (χ2v) is 5.66. The van der Waals surface area contributed by atoms with E-state index >= 15 is 0 Å². The minimum atomic E-state index is -0.249. The highest BCUT2D eigenvalue weighted by Gasteiger charge is 2.06. The maximum Gasteiger partial charge on any atom is 0.319 e. The third-order valence-corrected chi connectivity index (χ3v) is 4.14. The second kappa shape index (κ2) is 7.04. The first-order valence-electron chi connectivity index (χ1n) is 6.81. The molecule has 2 aromatic rings. The summed E-state index contributed by atoms with van der Waals surface area (Å²) >= 11 is 1.65. The van der Waals surface area contributed by atoms with Gasteiger partial charge in [-0.3, -0.25) is 4.79 Å². The summed E-state index contributed by atoms with van der Waals surface area (Å²) < 4.78 is 0. The van der Waals surface area contributed by atoms with Crippen LogP contribution in [-0.2, 0) is 13.0 Å². The number of benzene rings is 1. The summed E-state index contributed by atoms with van der Waals surface area (Å²) in [4.78, 5) is 24.2. The number of anilines is 1. The molecule has 2 rings (SSSR count). The van der Waals surface area contributed by atoms with Gasteiger partial charge in [-0.2, -0.15) is 0 Å². The molecule has 4 nitrogen and oxygen atoms in total. The molecule has 0 atom stereocenters. The maximum absolute atomic E-state index is 11.8. The van der Waals surface area contributed by atoms with E-state index in [0.717, 1.165) is 6.42 Å². The van der Waals surface area contributed by atoms with Crippen molar-refractivity contribution in [3.8, 4) is 0 Å². The number of amides is 2. The first-order valence-corrected chi connectivity index (χ1v) is 7.69. The van der Waals surface area contributed by atoms with Crippen LogP contribution in [0.5, 0.6) is 0 Å². The van der Waals surface area contributed by atoms with Gasteiger partial charge in [0.15, 0.2) is 5.78 Å². The molecule has 1 aromatic carbocycles. The topological polar surface area (TPSA) is 58.2 Å². The molecule has 5 heteroatoms. The second-order valence-electron chi connectivity index (χ2n) is 4.66. The zero-order chi connectivity index (χ0) is 15.2. The minimum Gasteiger partial charge on any atom is -0.333 e. The Morgan fingerprint density at radius 3 is 2.48 bits per heavy atom. The summed E-state index contributed by atoms with van der Waals surface area (Å²) in [5.74, 6) is 0.00999. The van der Waals surface area contributed by atoms with Crippen LogP contribution in [-0.4, -0.2) is 11.8 Å². The third kappa shape index (κ3) is 4.16. The van der Waals surface area contributed by atoms with Crippen LogP contribution in [0.15, 0.2) is 35.7 Å². The molecule has 0 saturated carbocycles. The third-order valence-electron chi connectivity index (χ3n) is 3.18. The molecule has 1 heterocycles. The number of Topliss-reactive ketones (excluding diaryl/α,β-unsaturated/α-hetero) is 1. The van der Waals surface area contributed by atoms with E-state index in [9.17, 15) is 9.59 Å². The van der Waals surface area contributed by atoms with Gasteiger partial charge in [0.1, 0.15) is 0 Å². The fourth-order valence-electron chi connectivity index (χ4n) is 1.96. The van der Waals surface area contributed by atoms with Gasteiger partial charge in [-0.05, 0) is 54.6 Å². The van der Waals surface area contributed by atoms with E-state index in [1.54, 1.807) is 35.6 Å². The van der Waals surface area contributed by atoms with Gasteiger partial charge in [0.25, 0.3) is 0 Å². The Kier molecular flexibility index (Phi) is 5.11. The first kappa shape index (κ1) is 15.3. The number of carbonyl (C=O) groups excluding carboxylic acids is 2. The summed E-state index contributed by atoms with van der Waals surface area (Å²) in [7, 11) is 0. The number of nitrogens with one attached hydrogen (secondary N) is 2. The van der Waals surface area contributed by atoms with Crippen molar-refractivity contribution in [3.05, 3.63) is 51.7 Å². The largest absolute Gasteiger partial charge is 0.333 e. The van der Waals surface area contributed by atoms with E-state index in [0.29, 0.717) is 17.8 Å². The first-order chi connectivity index (χ1) is 10.1. The van der Waals surface area contributed by atoms with Crippen molar-refractivity contribution in [2.24, 2.45) is 0 Å². The number of thiophene rings is 1. The molecule has 1 aromatic heterocycles. The molecule has 110 valence electrons. The molecule has 0 saturated heterocycles. The van der Waals surface area contributed by atoms with Crippen LogP contribution in [0.25, 0.3) is 0 Å². The normalized spacial score (nSPS) is 10.2. The Morgan fingerprint density at radius 2 is 1.86 bits per heavy atom. The Morgan fingerprint density at radius 1 is 1.14 bits per heavy atom. The lowest BCUT2D eigenvalue weighted by Crippen LogP contribution is -2.28. The lowest BCUT2D eigenvalue weighted by Gasteiger charge is -2.08. The van der Waals surface area contributed by atoms with Crippen molar-refractivity contribution in [1.29, 1.82) is 0 Å². The Bertz CT molecular complexity index is 632. The summed E-state index contributed by atoms with van der Waals surface area (Å²) in [6.45, 7) is 4.14. The highest BCUT2D eigenvalue weighted by atomic mass is 32.1. The van der Waals surface area contributed by atoms with E-state index in [1.165, 1.54) is 17.4 Å². The van der Waals surface area contributed by atoms with Crippen LogP contribution in [0.2, 0.25) is 0 Å². The molecule has 0 aliphatic carbocycles. The summed E-state index contributed by atoms with van der Waals surface area (Å²) in [5, 5.41) is 7.63.